The average molecular weight is 237 g/mol. The number of aryl methyl sites for hydroxylation is 1. The molecule has 0 aliphatic carbocycles. The summed E-state index contributed by atoms with van der Waals surface area (Å²) in [5, 5.41) is 8.44. The van der Waals surface area contributed by atoms with E-state index in [0.29, 0.717) is 0 Å². The third-order valence-corrected chi connectivity index (χ3v) is 2.27. The van der Waals surface area contributed by atoms with Gasteiger partial charge in [0.1, 0.15) is 5.75 Å². The highest BCUT2D eigenvalue weighted by Gasteiger charge is 2.03. The molecular weight excluding hydrogens is 224 g/mol. The van der Waals surface area contributed by atoms with Crippen LogP contribution in [0.1, 0.15) is 18.9 Å². The second kappa shape index (κ2) is 6.64. The summed E-state index contributed by atoms with van der Waals surface area (Å²) in [5.41, 5.74) is 2.03. The Hall–Kier alpha value is -1.89. The summed E-state index contributed by atoms with van der Waals surface area (Å²) in [5.74, 6) is 0.160. The lowest BCUT2D eigenvalue weighted by atomic mass is 10.1. The number of nitrogens with zero attached hydrogens (tertiary/aromatic N) is 1. The van der Waals surface area contributed by atoms with E-state index in [4.69, 9.17) is 5.26 Å². The summed E-state index contributed by atoms with van der Waals surface area (Å²) < 4.78 is 28.0. The maximum Gasteiger partial charge on any atom is 0.387 e. The van der Waals surface area contributed by atoms with Gasteiger partial charge in [-0.05, 0) is 37.5 Å². The molecule has 0 unspecified atom stereocenters. The molecule has 0 aliphatic rings. The van der Waals surface area contributed by atoms with E-state index in [0.717, 1.165) is 24.0 Å². The van der Waals surface area contributed by atoms with Gasteiger partial charge in [-0.25, -0.2) is 0 Å². The summed E-state index contributed by atoms with van der Waals surface area (Å²) in [6.45, 7) is -0.904. The van der Waals surface area contributed by atoms with Crippen LogP contribution in [0.5, 0.6) is 5.75 Å². The van der Waals surface area contributed by atoms with Gasteiger partial charge in [0.05, 0.1) is 6.07 Å². The Morgan fingerprint density at radius 3 is 2.59 bits per heavy atom. The van der Waals surface area contributed by atoms with E-state index in [1.165, 1.54) is 18.2 Å². The third-order valence-electron chi connectivity index (χ3n) is 2.27. The summed E-state index contributed by atoms with van der Waals surface area (Å²) in [6, 6.07) is 8.50. The van der Waals surface area contributed by atoms with Crippen molar-refractivity contribution in [2.75, 3.05) is 0 Å². The average Bonchev–Trinajstić information content (AvgIpc) is 2.28. The Morgan fingerprint density at radius 1 is 1.41 bits per heavy atom. The van der Waals surface area contributed by atoms with E-state index in [1.807, 2.05) is 13.0 Å². The van der Waals surface area contributed by atoms with Crippen molar-refractivity contribution in [2.24, 2.45) is 0 Å². The van der Waals surface area contributed by atoms with Gasteiger partial charge in [-0.3, -0.25) is 0 Å². The predicted octanol–water partition coefficient (Wildman–Crippen LogP) is 3.69. The topological polar surface area (TPSA) is 33.0 Å². The number of benzene rings is 1. The van der Waals surface area contributed by atoms with Crippen LogP contribution in [0.2, 0.25) is 0 Å². The van der Waals surface area contributed by atoms with Crippen molar-refractivity contribution in [1.29, 1.82) is 5.26 Å². The number of hydrogen-bond donors (Lipinski definition) is 0. The van der Waals surface area contributed by atoms with Crippen molar-refractivity contribution in [3.63, 3.8) is 0 Å². The van der Waals surface area contributed by atoms with E-state index < -0.39 is 6.61 Å². The molecule has 0 fully saturated rings. The summed E-state index contributed by atoms with van der Waals surface area (Å²) in [4.78, 5) is 0. The van der Waals surface area contributed by atoms with Gasteiger partial charge in [0.2, 0.25) is 0 Å². The lowest BCUT2D eigenvalue weighted by Gasteiger charge is -2.05. The second-order valence-corrected chi connectivity index (χ2v) is 3.64. The van der Waals surface area contributed by atoms with Crippen LogP contribution in [0.15, 0.2) is 35.9 Å². The van der Waals surface area contributed by atoms with E-state index in [2.05, 4.69) is 4.74 Å². The number of nitriles is 1. The molecule has 0 N–H and O–H groups in total. The van der Waals surface area contributed by atoms with Crippen LogP contribution in [0.25, 0.3) is 0 Å². The molecule has 0 heterocycles. The number of ether oxygens (including phenoxy) is 1. The largest absolute Gasteiger partial charge is 0.435 e. The van der Waals surface area contributed by atoms with Crippen LogP contribution in [0.4, 0.5) is 8.78 Å². The van der Waals surface area contributed by atoms with Gasteiger partial charge in [-0.15, -0.1) is 0 Å². The molecule has 2 nitrogen and oxygen atoms in total. The zero-order valence-electron chi connectivity index (χ0n) is 9.49. The summed E-state index contributed by atoms with van der Waals surface area (Å²) in [7, 11) is 0. The van der Waals surface area contributed by atoms with Crippen LogP contribution in [0.3, 0.4) is 0 Å². The first-order chi connectivity index (χ1) is 8.11. The predicted molar refractivity (Wildman–Crippen MR) is 60.8 cm³/mol. The minimum atomic E-state index is -2.79. The highest BCUT2D eigenvalue weighted by molar-refractivity contribution is 5.28. The summed E-state index contributed by atoms with van der Waals surface area (Å²) >= 11 is 0. The molecule has 0 spiro atoms. The van der Waals surface area contributed by atoms with Crippen molar-refractivity contribution in [3.8, 4) is 11.8 Å². The molecule has 1 rings (SSSR count). The fourth-order valence-corrected chi connectivity index (χ4v) is 1.36. The standard InChI is InChI=1S/C13H13F2NO/c1-10(8-9-16)2-3-11-4-6-12(7-5-11)17-13(14)15/h4-8,13H,2-3H2,1H3. The van der Waals surface area contributed by atoms with E-state index in [-0.39, 0.29) is 5.75 Å². The number of rotatable bonds is 5. The van der Waals surface area contributed by atoms with Gasteiger partial charge in [0.25, 0.3) is 0 Å². The van der Waals surface area contributed by atoms with Gasteiger partial charge in [-0.1, -0.05) is 17.7 Å². The van der Waals surface area contributed by atoms with Gasteiger partial charge >= 0.3 is 6.61 Å². The molecule has 90 valence electrons. The minimum Gasteiger partial charge on any atom is -0.435 e. The molecular formula is C13H13F2NO. The Kier molecular flexibility index (Phi) is 5.15. The smallest absolute Gasteiger partial charge is 0.387 e. The van der Waals surface area contributed by atoms with Crippen LogP contribution >= 0.6 is 0 Å². The van der Waals surface area contributed by atoms with Crippen molar-refractivity contribution in [3.05, 3.63) is 41.5 Å². The lowest BCUT2D eigenvalue weighted by molar-refractivity contribution is -0.0498. The van der Waals surface area contributed by atoms with Gasteiger partial charge in [0, 0.05) is 6.08 Å². The molecule has 0 saturated heterocycles. The molecule has 0 amide bonds. The van der Waals surface area contributed by atoms with Crippen molar-refractivity contribution >= 4 is 0 Å². The zero-order chi connectivity index (χ0) is 12.7. The van der Waals surface area contributed by atoms with E-state index in [1.54, 1.807) is 12.1 Å². The van der Waals surface area contributed by atoms with Crippen molar-refractivity contribution < 1.29 is 13.5 Å². The Bertz CT molecular complexity index is 418. The zero-order valence-corrected chi connectivity index (χ0v) is 9.49. The van der Waals surface area contributed by atoms with Crippen LogP contribution < -0.4 is 4.74 Å². The van der Waals surface area contributed by atoms with Gasteiger partial charge < -0.3 is 4.74 Å². The maximum absolute atomic E-state index is 11.9. The van der Waals surface area contributed by atoms with Crippen LogP contribution in [-0.2, 0) is 6.42 Å². The fourth-order valence-electron chi connectivity index (χ4n) is 1.36. The molecule has 0 bridgehead atoms. The van der Waals surface area contributed by atoms with Crippen LogP contribution in [0, 0.1) is 11.3 Å². The van der Waals surface area contributed by atoms with E-state index in [9.17, 15) is 8.78 Å². The SMILES string of the molecule is CC(=CC#N)CCc1ccc(OC(F)F)cc1. The molecule has 0 saturated carbocycles. The third kappa shape index (κ3) is 5.12. The Labute approximate surface area is 99.1 Å². The Balaban J connectivity index is 2.51. The summed E-state index contributed by atoms with van der Waals surface area (Å²) in [6.07, 6.45) is 3.07. The molecule has 1 aromatic rings. The highest BCUT2D eigenvalue weighted by atomic mass is 19.3. The number of hydrogen-bond acceptors (Lipinski definition) is 2. The fraction of sp³-hybridized carbons (Fsp3) is 0.308. The number of alkyl halides is 2. The quantitative estimate of drug-likeness (QED) is 0.731. The second-order valence-electron chi connectivity index (χ2n) is 3.64. The normalized spacial score (nSPS) is 11.4. The number of allylic oxidation sites excluding steroid dienone is 2. The van der Waals surface area contributed by atoms with E-state index >= 15 is 0 Å². The lowest BCUT2D eigenvalue weighted by Crippen LogP contribution is -2.01. The van der Waals surface area contributed by atoms with Crippen molar-refractivity contribution in [1.82, 2.24) is 0 Å². The first-order valence-corrected chi connectivity index (χ1v) is 5.21. The first-order valence-electron chi connectivity index (χ1n) is 5.21. The maximum atomic E-state index is 11.9. The molecule has 1 aromatic carbocycles. The monoisotopic (exact) mass is 237 g/mol. The molecule has 17 heavy (non-hydrogen) atoms. The molecule has 0 aromatic heterocycles. The van der Waals surface area contributed by atoms with Crippen molar-refractivity contribution in [2.45, 2.75) is 26.4 Å². The Morgan fingerprint density at radius 2 is 2.06 bits per heavy atom. The van der Waals surface area contributed by atoms with Gasteiger partial charge in [-0.2, -0.15) is 14.0 Å². The van der Waals surface area contributed by atoms with Gasteiger partial charge in [0.15, 0.2) is 0 Å². The first kappa shape index (κ1) is 13.2. The molecule has 0 radical (unpaired) electrons. The molecule has 4 heteroatoms. The highest BCUT2D eigenvalue weighted by Crippen LogP contribution is 2.16. The minimum absolute atomic E-state index is 0.160. The molecule has 0 atom stereocenters. The van der Waals surface area contributed by atoms with Crippen LogP contribution in [-0.4, -0.2) is 6.61 Å². The molecule has 0 aliphatic heterocycles. The number of halogens is 2.